The van der Waals surface area contributed by atoms with Gasteiger partial charge in [-0.25, -0.2) is 9.18 Å². The highest BCUT2D eigenvalue weighted by Gasteiger charge is 2.06. The molecule has 1 aromatic heterocycles. The lowest BCUT2D eigenvalue weighted by atomic mass is 10.3. The van der Waals surface area contributed by atoms with Crippen molar-refractivity contribution in [3.05, 3.63) is 60.2 Å². The zero-order valence-electron chi connectivity index (χ0n) is 9.38. The molecule has 1 aromatic carbocycles. The molecule has 2 aromatic rings. The van der Waals surface area contributed by atoms with E-state index in [2.05, 4.69) is 4.98 Å². The molecule has 0 aliphatic heterocycles. The number of halogens is 1. The van der Waals surface area contributed by atoms with Crippen LogP contribution in [0.1, 0.15) is 10.4 Å². The summed E-state index contributed by atoms with van der Waals surface area (Å²) in [5.74, 6) is -0.449. The fraction of sp³-hybridized carbons (Fsp3) is 0.0769. The van der Waals surface area contributed by atoms with Gasteiger partial charge in [0.2, 0.25) is 6.79 Å². The van der Waals surface area contributed by atoms with Crippen molar-refractivity contribution in [3.63, 3.8) is 0 Å². The molecule has 5 heteroatoms. The van der Waals surface area contributed by atoms with Crippen LogP contribution in [0.2, 0.25) is 0 Å². The molecule has 1 heterocycles. The molecule has 0 amide bonds. The van der Waals surface area contributed by atoms with Gasteiger partial charge in [-0.15, -0.1) is 0 Å². The summed E-state index contributed by atoms with van der Waals surface area (Å²) in [6.45, 7) is -0.237. The molecular formula is C13H10FNO3. The van der Waals surface area contributed by atoms with Gasteiger partial charge in [-0.3, -0.25) is 4.98 Å². The van der Waals surface area contributed by atoms with Crippen LogP contribution in [0, 0.1) is 5.82 Å². The Bertz CT molecular complexity index is 514. The summed E-state index contributed by atoms with van der Waals surface area (Å²) in [6, 6.07) is 8.65. The first kappa shape index (κ1) is 12.0. The highest BCUT2D eigenvalue weighted by molar-refractivity contribution is 5.88. The smallest absolute Gasteiger partial charge is 0.342 e. The third kappa shape index (κ3) is 3.28. The summed E-state index contributed by atoms with van der Waals surface area (Å²) in [5, 5.41) is 0. The molecule has 0 spiro atoms. The zero-order valence-corrected chi connectivity index (χ0v) is 9.38. The van der Waals surface area contributed by atoms with Gasteiger partial charge in [0, 0.05) is 12.4 Å². The summed E-state index contributed by atoms with van der Waals surface area (Å²) >= 11 is 0. The van der Waals surface area contributed by atoms with E-state index in [1.807, 2.05) is 0 Å². The maximum absolute atomic E-state index is 12.6. The number of hydrogen-bond donors (Lipinski definition) is 0. The molecule has 18 heavy (non-hydrogen) atoms. The van der Waals surface area contributed by atoms with Crippen LogP contribution in [-0.2, 0) is 4.74 Å². The van der Waals surface area contributed by atoms with Crippen LogP contribution < -0.4 is 4.74 Å². The molecule has 0 saturated heterocycles. The van der Waals surface area contributed by atoms with E-state index in [-0.39, 0.29) is 12.6 Å². The van der Waals surface area contributed by atoms with E-state index in [1.54, 1.807) is 18.3 Å². The Morgan fingerprint density at radius 3 is 2.67 bits per heavy atom. The predicted octanol–water partition coefficient (Wildman–Crippen LogP) is 2.41. The number of carbonyl (C=O) groups is 1. The molecule has 0 radical (unpaired) electrons. The van der Waals surface area contributed by atoms with Crippen molar-refractivity contribution >= 4 is 5.97 Å². The molecule has 2 rings (SSSR count). The molecule has 0 unspecified atom stereocenters. The van der Waals surface area contributed by atoms with Gasteiger partial charge in [0.15, 0.2) is 0 Å². The highest BCUT2D eigenvalue weighted by Crippen LogP contribution is 2.11. The van der Waals surface area contributed by atoms with Gasteiger partial charge in [0.1, 0.15) is 11.6 Å². The summed E-state index contributed by atoms with van der Waals surface area (Å²) in [4.78, 5) is 15.3. The van der Waals surface area contributed by atoms with Crippen LogP contribution in [0.4, 0.5) is 4.39 Å². The van der Waals surface area contributed by atoms with Crippen molar-refractivity contribution in [3.8, 4) is 5.75 Å². The highest BCUT2D eigenvalue weighted by atomic mass is 19.1. The van der Waals surface area contributed by atoms with E-state index >= 15 is 0 Å². The first-order valence-electron chi connectivity index (χ1n) is 5.21. The van der Waals surface area contributed by atoms with Gasteiger partial charge >= 0.3 is 5.97 Å². The SMILES string of the molecule is O=C(OCOc1ccc(F)cc1)c1cccnc1. The topological polar surface area (TPSA) is 48.4 Å². The third-order valence-corrected chi connectivity index (χ3v) is 2.13. The normalized spacial score (nSPS) is 9.83. The van der Waals surface area contributed by atoms with Crippen LogP contribution in [-0.4, -0.2) is 17.7 Å². The van der Waals surface area contributed by atoms with Crippen LogP contribution >= 0.6 is 0 Å². The van der Waals surface area contributed by atoms with Gasteiger partial charge in [-0.2, -0.15) is 0 Å². The van der Waals surface area contributed by atoms with Crippen molar-refractivity contribution in [1.82, 2.24) is 4.98 Å². The Hall–Kier alpha value is -2.43. The lowest BCUT2D eigenvalue weighted by Gasteiger charge is -2.06. The van der Waals surface area contributed by atoms with Crippen LogP contribution in [0.15, 0.2) is 48.8 Å². The Morgan fingerprint density at radius 1 is 1.22 bits per heavy atom. The summed E-state index contributed by atoms with van der Waals surface area (Å²) in [6.07, 6.45) is 2.96. The second-order valence-electron chi connectivity index (χ2n) is 3.39. The maximum atomic E-state index is 12.6. The molecule has 0 aliphatic carbocycles. The van der Waals surface area contributed by atoms with Crippen molar-refractivity contribution < 1.29 is 18.7 Å². The first-order chi connectivity index (χ1) is 8.75. The Morgan fingerprint density at radius 2 is 2.00 bits per heavy atom. The molecule has 0 fully saturated rings. The minimum atomic E-state index is -0.523. The molecule has 92 valence electrons. The van der Waals surface area contributed by atoms with E-state index in [0.29, 0.717) is 11.3 Å². The second kappa shape index (κ2) is 5.77. The summed E-state index contributed by atoms with van der Waals surface area (Å²) in [5.41, 5.74) is 0.347. The number of nitrogens with zero attached hydrogens (tertiary/aromatic N) is 1. The molecular weight excluding hydrogens is 237 g/mol. The second-order valence-corrected chi connectivity index (χ2v) is 3.39. The van der Waals surface area contributed by atoms with Crippen LogP contribution in [0.5, 0.6) is 5.75 Å². The van der Waals surface area contributed by atoms with E-state index in [1.165, 1.54) is 30.5 Å². The fourth-order valence-corrected chi connectivity index (χ4v) is 1.25. The van der Waals surface area contributed by atoms with E-state index in [0.717, 1.165) is 0 Å². The first-order valence-corrected chi connectivity index (χ1v) is 5.21. The number of esters is 1. The maximum Gasteiger partial charge on any atom is 0.342 e. The average Bonchev–Trinajstić information content (AvgIpc) is 2.42. The predicted molar refractivity (Wildman–Crippen MR) is 61.5 cm³/mol. The van der Waals surface area contributed by atoms with Crippen molar-refractivity contribution in [2.75, 3.05) is 6.79 Å². The van der Waals surface area contributed by atoms with Crippen molar-refractivity contribution in [1.29, 1.82) is 0 Å². The third-order valence-electron chi connectivity index (χ3n) is 2.13. The lowest BCUT2D eigenvalue weighted by Crippen LogP contribution is -2.10. The number of benzene rings is 1. The van der Waals surface area contributed by atoms with Gasteiger partial charge < -0.3 is 9.47 Å². The van der Waals surface area contributed by atoms with Crippen LogP contribution in [0.3, 0.4) is 0 Å². The molecule has 0 N–H and O–H groups in total. The van der Waals surface area contributed by atoms with Crippen molar-refractivity contribution in [2.45, 2.75) is 0 Å². The Labute approximate surface area is 103 Å². The van der Waals surface area contributed by atoms with Gasteiger partial charge in [-0.1, -0.05) is 0 Å². The van der Waals surface area contributed by atoms with Gasteiger partial charge in [-0.05, 0) is 36.4 Å². The summed E-state index contributed by atoms with van der Waals surface area (Å²) in [7, 11) is 0. The molecule has 0 bridgehead atoms. The minimum Gasteiger partial charge on any atom is -0.457 e. The number of carbonyl (C=O) groups excluding carboxylic acids is 1. The molecule has 4 nitrogen and oxygen atoms in total. The quantitative estimate of drug-likeness (QED) is 0.615. The largest absolute Gasteiger partial charge is 0.457 e. The molecule has 0 aliphatic rings. The zero-order chi connectivity index (χ0) is 12.8. The number of aromatic nitrogens is 1. The molecule has 0 saturated carbocycles. The van der Waals surface area contributed by atoms with Crippen molar-refractivity contribution in [2.24, 2.45) is 0 Å². The Balaban J connectivity index is 1.82. The average molecular weight is 247 g/mol. The van der Waals surface area contributed by atoms with E-state index in [4.69, 9.17) is 9.47 Å². The van der Waals surface area contributed by atoms with E-state index in [9.17, 15) is 9.18 Å². The number of hydrogen-bond acceptors (Lipinski definition) is 4. The molecule has 0 atom stereocenters. The van der Waals surface area contributed by atoms with E-state index < -0.39 is 5.97 Å². The number of rotatable bonds is 4. The van der Waals surface area contributed by atoms with Crippen LogP contribution in [0.25, 0.3) is 0 Å². The van der Waals surface area contributed by atoms with Gasteiger partial charge in [0.25, 0.3) is 0 Å². The number of ether oxygens (including phenoxy) is 2. The summed E-state index contributed by atoms with van der Waals surface area (Å²) < 4.78 is 22.6. The number of pyridine rings is 1. The van der Waals surface area contributed by atoms with Gasteiger partial charge in [0.05, 0.1) is 5.56 Å². The minimum absolute atomic E-state index is 0.237. The monoisotopic (exact) mass is 247 g/mol. The Kier molecular flexibility index (Phi) is 3.86. The fourth-order valence-electron chi connectivity index (χ4n) is 1.25. The lowest BCUT2D eigenvalue weighted by molar-refractivity contribution is 0.0153. The standard InChI is InChI=1S/C13H10FNO3/c14-11-3-5-12(6-4-11)17-9-18-13(16)10-2-1-7-15-8-10/h1-8H,9H2.